The predicted octanol–water partition coefficient (Wildman–Crippen LogP) is 2.19. The number of nitriles is 1. The van der Waals surface area contributed by atoms with E-state index in [1.165, 1.54) is 5.56 Å². The van der Waals surface area contributed by atoms with E-state index < -0.39 is 0 Å². The molecule has 0 atom stereocenters. The van der Waals surface area contributed by atoms with E-state index in [9.17, 15) is 0 Å². The Morgan fingerprint density at radius 1 is 1.22 bits per heavy atom. The monoisotopic (exact) mass is 238 g/mol. The van der Waals surface area contributed by atoms with E-state index in [0.29, 0.717) is 5.56 Å². The van der Waals surface area contributed by atoms with E-state index >= 15 is 0 Å². The molecule has 4 heteroatoms. The summed E-state index contributed by atoms with van der Waals surface area (Å²) >= 11 is 0. The lowest BCUT2D eigenvalue weighted by Gasteiger charge is -2.07. The second-order valence-corrected chi connectivity index (χ2v) is 3.95. The van der Waals surface area contributed by atoms with Gasteiger partial charge in [-0.05, 0) is 30.2 Å². The van der Waals surface area contributed by atoms with Gasteiger partial charge in [-0.15, -0.1) is 0 Å². The largest absolute Gasteiger partial charge is 0.399 e. The summed E-state index contributed by atoms with van der Waals surface area (Å²) < 4.78 is 0. The summed E-state index contributed by atoms with van der Waals surface area (Å²) in [5.41, 5.74) is 8.99. The highest BCUT2D eigenvalue weighted by molar-refractivity contribution is 5.55. The molecule has 0 bridgehead atoms. The molecule has 0 radical (unpaired) electrons. The molecule has 0 fully saturated rings. The summed E-state index contributed by atoms with van der Waals surface area (Å²) in [5, 5.41) is 12.1. The molecule has 0 saturated heterocycles. The van der Waals surface area contributed by atoms with Crippen molar-refractivity contribution in [1.82, 2.24) is 4.98 Å². The Hall–Kier alpha value is -2.54. The number of nitrogen functional groups attached to an aromatic ring is 1. The third kappa shape index (κ3) is 2.98. The quantitative estimate of drug-likeness (QED) is 0.801. The lowest BCUT2D eigenvalue weighted by molar-refractivity contribution is 1.02. The van der Waals surface area contributed by atoms with Gasteiger partial charge < -0.3 is 11.1 Å². The minimum Gasteiger partial charge on any atom is -0.399 e. The van der Waals surface area contributed by atoms with Gasteiger partial charge in [0, 0.05) is 18.4 Å². The highest BCUT2D eigenvalue weighted by atomic mass is 14.9. The average molecular weight is 238 g/mol. The first-order chi connectivity index (χ1) is 8.79. The summed E-state index contributed by atoms with van der Waals surface area (Å²) in [7, 11) is 0. The molecule has 1 aromatic carbocycles. The average Bonchev–Trinajstić information content (AvgIpc) is 2.41. The number of hydrogen-bond donors (Lipinski definition) is 2. The smallest absolute Gasteiger partial charge is 0.101 e. The summed E-state index contributed by atoms with van der Waals surface area (Å²) in [6, 6.07) is 11.6. The fourth-order valence-electron chi connectivity index (χ4n) is 1.66. The zero-order valence-corrected chi connectivity index (χ0v) is 9.93. The van der Waals surface area contributed by atoms with Gasteiger partial charge in [-0.25, -0.2) is 0 Å². The number of hydrogen-bond acceptors (Lipinski definition) is 4. The first kappa shape index (κ1) is 11.9. The first-order valence-corrected chi connectivity index (χ1v) is 5.72. The molecule has 0 aliphatic rings. The summed E-state index contributed by atoms with van der Waals surface area (Å²) in [4.78, 5) is 4.00. The van der Waals surface area contributed by atoms with Crippen LogP contribution in [0.4, 0.5) is 11.4 Å². The van der Waals surface area contributed by atoms with Crippen LogP contribution >= 0.6 is 0 Å². The van der Waals surface area contributed by atoms with Gasteiger partial charge in [0.15, 0.2) is 0 Å². The predicted molar refractivity (Wildman–Crippen MR) is 72.0 cm³/mol. The molecule has 1 heterocycles. The fraction of sp³-hybridized carbons (Fsp3) is 0.143. The maximum Gasteiger partial charge on any atom is 0.101 e. The van der Waals surface area contributed by atoms with Gasteiger partial charge in [-0.3, -0.25) is 4.98 Å². The number of benzene rings is 1. The fourth-order valence-corrected chi connectivity index (χ4v) is 1.66. The van der Waals surface area contributed by atoms with Crippen LogP contribution in [0.3, 0.4) is 0 Å². The van der Waals surface area contributed by atoms with E-state index in [1.54, 1.807) is 18.5 Å². The Kier molecular flexibility index (Phi) is 3.77. The number of pyridine rings is 1. The highest BCUT2D eigenvalue weighted by Crippen LogP contribution is 2.12. The molecule has 18 heavy (non-hydrogen) atoms. The zero-order valence-electron chi connectivity index (χ0n) is 9.93. The van der Waals surface area contributed by atoms with Crippen LogP contribution in [0, 0.1) is 11.3 Å². The van der Waals surface area contributed by atoms with Gasteiger partial charge in [0.25, 0.3) is 0 Å². The highest BCUT2D eigenvalue weighted by Gasteiger charge is 2.00. The third-order valence-corrected chi connectivity index (χ3v) is 2.65. The van der Waals surface area contributed by atoms with Gasteiger partial charge in [0.1, 0.15) is 6.07 Å². The van der Waals surface area contributed by atoms with Crippen LogP contribution in [0.25, 0.3) is 0 Å². The van der Waals surface area contributed by atoms with Crippen molar-refractivity contribution in [2.24, 2.45) is 0 Å². The molecule has 90 valence electrons. The molecule has 0 spiro atoms. The molecule has 2 aromatic rings. The zero-order chi connectivity index (χ0) is 12.8. The molecule has 0 unspecified atom stereocenters. The van der Waals surface area contributed by atoms with E-state index in [0.717, 1.165) is 24.3 Å². The number of nitrogens with one attached hydrogen (secondary N) is 1. The van der Waals surface area contributed by atoms with Crippen LogP contribution in [0.1, 0.15) is 11.1 Å². The molecule has 4 nitrogen and oxygen atoms in total. The maximum atomic E-state index is 8.93. The number of nitrogens with two attached hydrogens (primary N) is 1. The topological polar surface area (TPSA) is 74.7 Å². The molecule has 0 amide bonds. The molecular weight excluding hydrogens is 224 g/mol. The molecule has 3 N–H and O–H groups in total. The maximum absolute atomic E-state index is 8.93. The number of anilines is 2. The minimum atomic E-state index is 0.613. The van der Waals surface area contributed by atoms with Crippen LogP contribution in [-0.4, -0.2) is 11.5 Å². The molecular formula is C14H14N4. The van der Waals surface area contributed by atoms with Gasteiger partial charge >= 0.3 is 0 Å². The van der Waals surface area contributed by atoms with Crippen molar-refractivity contribution in [3.05, 3.63) is 53.9 Å². The number of nitrogens with zero attached hydrogens (tertiary/aromatic N) is 2. The van der Waals surface area contributed by atoms with Crippen molar-refractivity contribution < 1.29 is 0 Å². The number of rotatable bonds is 4. The summed E-state index contributed by atoms with van der Waals surface area (Å²) in [6.07, 6.45) is 4.16. The van der Waals surface area contributed by atoms with E-state index in [4.69, 9.17) is 11.0 Å². The molecule has 1 aromatic heterocycles. The summed E-state index contributed by atoms with van der Waals surface area (Å²) in [5.74, 6) is 0. The Morgan fingerprint density at radius 3 is 2.72 bits per heavy atom. The Morgan fingerprint density at radius 2 is 2.00 bits per heavy atom. The minimum absolute atomic E-state index is 0.613. The van der Waals surface area contributed by atoms with Gasteiger partial charge in [0.05, 0.1) is 17.4 Å². The van der Waals surface area contributed by atoms with Gasteiger partial charge in [-0.1, -0.05) is 12.1 Å². The van der Waals surface area contributed by atoms with Crippen molar-refractivity contribution in [1.29, 1.82) is 5.26 Å². The van der Waals surface area contributed by atoms with Crippen LogP contribution in [0.15, 0.2) is 42.7 Å². The summed E-state index contributed by atoms with van der Waals surface area (Å²) in [6.45, 7) is 0.754. The van der Waals surface area contributed by atoms with E-state index in [1.807, 2.05) is 24.3 Å². The number of aromatic nitrogens is 1. The van der Waals surface area contributed by atoms with Gasteiger partial charge in [0.2, 0.25) is 0 Å². The van der Waals surface area contributed by atoms with Crippen molar-refractivity contribution >= 4 is 11.4 Å². The van der Waals surface area contributed by atoms with Crippen molar-refractivity contribution in [3.63, 3.8) is 0 Å². The van der Waals surface area contributed by atoms with Crippen LogP contribution in [0.5, 0.6) is 0 Å². The Balaban J connectivity index is 1.93. The lowest BCUT2D eigenvalue weighted by Crippen LogP contribution is -2.06. The molecule has 0 aliphatic carbocycles. The second kappa shape index (κ2) is 5.69. The van der Waals surface area contributed by atoms with Crippen LogP contribution < -0.4 is 11.1 Å². The van der Waals surface area contributed by atoms with Crippen molar-refractivity contribution in [3.8, 4) is 6.07 Å². The first-order valence-electron chi connectivity index (χ1n) is 5.72. The van der Waals surface area contributed by atoms with E-state index in [2.05, 4.69) is 16.4 Å². The van der Waals surface area contributed by atoms with E-state index in [-0.39, 0.29) is 0 Å². The van der Waals surface area contributed by atoms with Crippen LogP contribution in [-0.2, 0) is 6.42 Å². The Labute approximate surface area is 106 Å². The Bertz CT molecular complexity index is 555. The van der Waals surface area contributed by atoms with Crippen molar-refractivity contribution in [2.75, 3.05) is 17.6 Å². The molecule has 0 aliphatic heterocycles. The molecule has 2 rings (SSSR count). The standard InChI is InChI=1S/C14H14N4/c15-9-12-6-7-17-10-14(12)18-8-5-11-1-3-13(16)4-2-11/h1-4,6-7,10,18H,5,8,16H2. The lowest BCUT2D eigenvalue weighted by atomic mass is 10.1. The van der Waals surface area contributed by atoms with Crippen molar-refractivity contribution in [2.45, 2.75) is 6.42 Å². The normalized spacial score (nSPS) is 9.72. The van der Waals surface area contributed by atoms with Gasteiger partial charge in [-0.2, -0.15) is 5.26 Å². The second-order valence-electron chi connectivity index (χ2n) is 3.95. The molecule has 0 saturated carbocycles. The SMILES string of the molecule is N#Cc1ccncc1NCCc1ccc(N)cc1. The van der Waals surface area contributed by atoms with Crippen LogP contribution in [0.2, 0.25) is 0 Å². The third-order valence-electron chi connectivity index (χ3n) is 2.65.